The summed E-state index contributed by atoms with van der Waals surface area (Å²) in [6, 6.07) is 0. The quantitative estimate of drug-likeness (QED) is 0.0648. The van der Waals surface area contributed by atoms with Gasteiger partial charge in [-0.15, -0.1) is 0 Å². The van der Waals surface area contributed by atoms with Crippen LogP contribution in [-0.2, 0) is 146 Å². The van der Waals surface area contributed by atoms with E-state index >= 15 is 0 Å². The van der Waals surface area contributed by atoms with Crippen molar-refractivity contribution in [2.45, 2.75) is 239 Å². The van der Waals surface area contributed by atoms with Crippen molar-refractivity contribution >= 4 is 111 Å². The third kappa shape index (κ3) is 78.9. The Morgan fingerprint density at radius 1 is 0.194 bits per heavy atom. The summed E-state index contributed by atoms with van der Waals surface area (Å²) < 4.78 is 58.8. The predicted octanol–water partition coefficient (Wildman–Crippen LogP) is 8.52. The molecule has 0 rings (SSSR count). The number of hydrogen-bond donors (Lipinski definition) is 0. The van der Waals surface area contributed by atoms with Crippen LogP contribution in [0.2, 0.25) is 0 Å². The zero-order valence-electron chi connectivity index (χ0n) is 43.8. The largest absolute Gasteiger partial charge is 6.00 e. The van der Waals surface area contributed by atoms with Crippen molar-refractivity contribution < 1.29 is 105 Å². The van der Waals surface area contributed by atoms with E-state index < -0.39 is 40.3 Å². The van der Waals surface area contributed by atoms with Gasteiger partial charge in [0.15, 0.2) is 0 Å². The van der Waals surface area contributed by atoms with Gasteiger partial charge in [0.25, 0.3) is 0 Å². The monoisotopic (exact) mass is 1280 g/mol. The fourth-order valence-corrected chi connectivity index (χ4v) is 15.9. The summed E-state index contributed by atoms with van der Waals surface area (Å²) in [4.78, 5) is 67.2. The van der Waals surface area contributed by atoms with E-state index in [9.17, 15) is 29.4 Å². The first-order chi connectivity index (χ1) is 29.0. The van der Waals surface area contributed by atoms with Crippen LogP contribution in [0.5, 0.6) is 0 Å². The van der Waals surface area contributed by atoms with Crippen molar-refractivity contribution in [3.63, 3.8) is 0 Å². The summed E-state index contributed by atoms with van der Waals surface area (Å²) in [6.45, 7) is 23.1. The summed E-state index contributed by atoms with van der Waals surface area (Å²) in [6.07, 6.45) is -1.87. The van der Waals surface area contributed by atoms with E-state index in [2.05, 4.69) is 70.8 Å². The van der Waals surface area contributed by atoms with Crippen LogP contribution in [0.4, 0.5) is 0 Å². The molecule has 0 aromatic rings. The molecule has 0 aromatic carbocycles. The van der Waals surface area contributed by atoms with E-state index in [1.165, 1.54) is 0 Å². The van der Waals surface area contributed by atoms with Gasteiger partial charge in [-0.3, -0.25) is 0 Å². The molecule has 0 aliphatic carbocycles. The molecule has 0 saturated carbocycles. The van der Waals surface area contributed by atoms with E-state index in [1.54, 1.807) is 166 Å². The van der Waals surface area contributed by atoms with E-state index in [4.69, 9.17) is 54.3 Å². The van der Waals surface area contributed by atoms with Gasteiger partial charge in [0.05, 0.1) is 73.2 Å². The zero-order chi connectivity index (χ0) is 54.4. The van der Waals surface area contributed by atoms with Gasteiger partial charge in [-0.05, 0) is 166 Å². The third-order valence-corrected chi connectivity index (χ3v) is 15.3. The minimum absolute atomic E-state index is 0. The SMILES string of the molecule is CC(C)OP([O-])(=S)OC(C)C.CC(C)OP([O-])(=S)OC(C)C.CC(C)OP([O-])(=S)OC(C)C.CC(C)OP([O-])(=S)OC(C)C.CC(C)OP([O-])(=S)OC(C)C.CC(C)OP([O-])(=S)OC(C)C.[Mo+6]. The normalized spacial score (nSPS) is 12.8. The molecule has 0 amide bonds. The first-order valence-electron chi connectivity index (χ1n) is 21.1. The Hall–Kier alpha value is 3.87. The summed E-state index contributed by atoms with van der Waals surface area (Å²) in [5, 5.41) is 0. The molecule has 0 aromatic heterocycles. The number of hydrogen-bond acceptors (Lipinski definition) is 24. The molecule has 0 spiro atoms. The molecule has 0 bridgehead atoms. The fourth-order valence-electron chi connectivity index (χ4n) is 3.25. The predicted molar refractivity (Wildman–Crippen MR) is 280 cm³/mol. The van der Waals surface area contributed by atoms with Crippen molar-refractivity contribution in [2.24, 2.45) is 0 Å². The Labute approximate surface area is 451 Å². The van der Waals surface area contributed by atoms with Gasteiger partial charge < -0.3 is 83.6 Å². The molecule has 0 aliphatic rings. The minimum atomic E-state index is -3.22. The smallest absolute Gasteiger partial charge is 0.780 e. The molecule has 0 aliphatic heterocycles. The van der Waals surface area contributed by atoms with E-state index in [0.29, 0.717) is 0 Å². The molecule has 408 valence electrons. The Morgan fingerprint density at radius 2 is 0.239 bits per heavy atom. The standard InChI is InChI=1S/6C6H15O3PS.Mo/c6*1-5(2)8-10(7,11)9-6(3)4;/h6*5-6H,1-4H3,(H,7,11);/q;;;;;;+6/p-6. The molecule has 0 heterocycles. The van der Waals surface area contributed by atoms with Crippen molar-refractivity contribution in [3.8, 4) is 0 Å². The molecule has 31 heteroatoms. The minimum Gasteiger partial charge on any atom is -0.780 e. The Bertz CT molecular complexity index is 1150. The van der Waals surface area contributed by atoms with Crippen molar-refractivity contribution in [1.82, 2.24) is 0 Å². The molecular weight excluding hydrogens is 1190 g/mol. The van der Waals surface area contributed by atoms with Crippen LogP contribution < -0.4 is 29.4 Å². The summed E-state index contributed by atoms with van der Waals surface area (Å²) in [5.41, 5.74) is 0. The average Bonchev–Trinajstić information content (AvgIpc) is 2.90. The average molecular weight is 1280 g/mol. The van der Waals surface area contributed by atoms with Crippen LogP contribution in [0.1, 0.15) is 166 Å². The molecule has 0 N–H and O–H groups in total. The second-order valence-electron chi connectivity index (χ2n) is 16.5. The molecule has 0 unspecified atom stereocenters. The second kappa shape index (κ2) is 42.9. The van der Waals surface area contributed by atoms with Crippen LogP contribution in [-0.4, -0.2) is 73.2 Å². The maximum absolute atomic E-state index is 11.2. The molecule has 0 atom stereocenters. The Balaban J connectivity index is -0.000000129. The van der Waals surface area contributed by atoms with Gasteiger partial charge >= 0.3 is 21.1 Å². The van der Waals surface area contributed by atoms with Crippen molar-refractivity contribution in [1.29, 1.82) is 0 Å². The van der Waals surface area contributed by atoms with Gasteiger partial charge in [0.1, 0.15) is 40.3 Å². The summed E-state index contributed by atoms with van der Waals surface area (Å²) in [5.74, 6) is 0. The molecule has 18 nitrogen and oxygen atoms in total. The molecular formula is C36H84MoO18P6S6. The Kier molecular flexibility index (Phi) is 54.3. The van der Waals surface area contributed by atoms with Gasteiger partial charge in [-0.25, -0.2) is 0 Å². The topological polar surface area (TPSA) is 249 Å². The van der Waals surface area contributed by atoms with Gasteiger partial charge in [0.2, 0.25) is 0 Å². The van der Waals surface area contributed by atoms with E-state index in [-0.39, 0.29) is 94.3 Å². The fraction of sp³-hybridized carbons (Fsp3) is 1.00. The van der Waals surface area contributed by atoms with Crippen molar-refractivity contribution in [3.05, 3.63) is 0 Å². The maximum Gasteiger partial charge on any atom is 6.00 e. The molecule has 0 saturated heterocycles. The van der Waals surface area contributed by atoms with Gasteiger partial charge in [0, 0.05) is 0 Å². The van der Waals surface area contributed by atoms with Crippen LogP contribution in [0, 0.1) is 0 Å². The number of rotatable bonds is 24. The zero-order valence-corrected chi connectivity index (χ0v) is 56.1. The van der Waals surface area contributed by atoms with Crippen molar-refractivity contribution in [2.75, 3.05) is 0 Å². The van der Waals surface area contributed by atoms with Crippen LogP contribution in [0.15, 0.2) is 0 Å². The molecule has 0 fully saturated rings. The summed E-state index contributed by atoms with van der Waals surface area (Å²) >= 11 is 27.6. The van der Waals surface area contributed by atoms with Gasteiger partial charge in [-0.2, -0.15) is 0 Å². The first-order valence-corrected chi connectivity index (χ1v) is 36.4. The van der Waals surface area contributed by atoms with E-state index in [1.807, 2.05) is 0 Å². The van der Waals surface area contributed by atoms with Crippen LogP contribution in [0.25, 0.3) is 0 Å². The molecule has 67 heavy (non-hydrogen) atoms. The third-order valence-electron chi connectivity index (χ3n) is 4.08. The summed E-state index contributed by atoms with van der Waals surface area (Å²) in [7, 11) is 0. The van der Waals surface area contributed by atoms with Crippen LogP contribution >= 0.6 is 40.3 Å². The second-order valence-corrected chi connectivity index (χ2v) is 32.5. The Morgan fingerprint density at radius 3 is 0.269 bits per heavy atom. The first kappa shape index (κ1) is 84.8. The van der Waals surface area contributed by atoms with E-state index in [0.717, 1.165) is 0 Å². The molecule has 0 radical (unpaired) electrons. The van der Waals surface area contributed by atoms with Crippen LogP contribution in [0.3, 0.4) is 0 Å². The van der Waals surface area contributed by atoms with Gasteiger partial charge in [-0.1, -0.05) is 70.8 Å². The maximum atomic E-state index is 11.2.